The summed E-state index contributed by atoms with van der Waals surface area (Å²) in [6.07, 6.45) is -0.653. The van der Waals surface area contributed by atoms with Crippen molar-refractivity contribution in [3.63, 3.8) is 0 Å². The third-order valence-electron chi connectivity index (χ3n) is 3.61. The number of pyridine rings is 1. The third kappa shape index (κ3) is 6.85. The van der Waals surface area contributed by atoms with Gasteiger partial charge in [-0.25, -0.2) is 4.98 Å². The monoisotopic (exact) mass is 331 g/mol. The van der Waals surface area contributed by atoms with Crippen molar-refractivity contribution in [1.82, 2.24) is 15.6 Å². The molecule has 2 heterocycles. The number of aromatic nitrogens is 1. The second kappa shape index (κ2) is 8.14. The van der Waals surface area contributed by atoms with Crippen LogP contribution in [0.2, 0.25) is 0 Å². The molecule has 1 saturated heterocycles. The molecule has 1 unspecified atom stereocenters. The average Bonchev–Trinajstić information content (AvgIpc) is 3.02. The zero-order chi connectivity index (χ0) is 16.7. The van der Waals surface area contributed by atoms with Crippen LogP contribution >= 0.6 is 0 Å². The lowest BCUT2D eigenvalue weighted by Gasteiger charge is -2.10. The van der Waals surface area contributed by atoms with Crippen molar-refractivity contribution in [3.8, 4) is 5.88 Å². The molecule has 128 valence electrons. The fraction of sp³-hybridized carbons (Fsp3) is 0.600. The minimum Gasteiger partial charge on any atom is -0.468 e. The maximum absolute atomic E-state index is 12.1. The van der Waals surface area contributed by atoms with Gasteiger partial charge in [0.25, 0.3) is 0 Å². The molecule has 0 aromatic carbocycles. The Labute approximate surface area is 132 Å². The number of carbonyl (C=O) groups excluding carboxylic acids is 1. The van der Waals surface area contributed by atoms with E-state index in [0.717, 1.165) is 25.9 Å². The highest BCUT2D eigenvalue weighted by Gasteiger charge is 2.28. The van der Waals surface area contributed by atoms with Gasteiger partial charge in [-0.3, -0.25) is 4.79 Å². The molecule has 2 N–H and O–H groups in total. The molecule has 1 atom stereocenters. The van der Waals surface area contributed by atoms with E-state index in [1.165, 1.54) is 12.3 Å². The van der Waals surface area contributed by atoms with E-state index in [-0.39, 0.29) is 18.3 Å². The van der Waals surface area contributed by atoms with Gasteiger partial charge in [-0.2, -0.15) is 13.2 Å². The first-order valence-corrected chi connectivity index (χ1v) is 7.54. The zero-order valence-corrected chi connectivity index (χ0v) is 12.7. The van der Waals surface area contributed by atoms with E-state index in [0.29, 0.717) is 17.9 Å². The molecule has 1 aliphatic heterocycles. The summed E-state index contributed by atoms with van der Waals surface area (Å²) >= 11 is 0. The van der Waals surface area contributed by atoms with Gasteiger partial charge >= 0.3 is 6.18 Å². The minimum absolute atomic E-state index is 0.0635. The quantitative estimate of drug-likeness (QED) is 0.802. The Balaban J connectivity index is 1.73. The first-order chi connectivity index (χ1) is 10.9. The number of alkyl halides is 3. The van der Waals surface area contributed by atoms with Crippen LogP contribution in [0.15, 0.2) is 18.3 Å². The highest BCUT2D eigenvalue weighted by Crippen LogP contribution is 2.18. The van der Waals surface area contributed by atoms with Crippen molar-refractivity contribution in [2.45, 2.75) is 32.0 Å². The second-order valence-corrected chi connectivity index (χ2v) is 5.58. The molecule has 1 aliphatic rings. The van der Waals surface area contributed by atoms with Crippen LogP contribution in [0.25, 0.3) is 0 Å². The highest BCUT2D eigenvalue weighted by molar-refractivity contribution is 5.75. The van der Waals surface area contributed by atoms with E-state index in [1.54, 1.807) is 6.07 Å². The van der Waals surface area contributed by atoms with Crippen molar-refractivity contribution in [2.75, 3.05) is 19.7 Å². The smallest absolute Gasteiger partial charge is 0.422 e. The van der Waals surface area contributed by atoms with Gasteiger partial charge in [0.05, 0.1) is 0 Å². The lowest BCUT2D eigenvalue weighted by molar-refractivity contribution is -0.154. The molecule has 2 rings (SSSR count). The molecule has 8 heteroatoms. The van der Waals surface area contributed by atoms with Gasteiger partial charge in [0, 0.05) is 25.2 Å². The van der Waals surface area contributed by atoms with Gasteiger partial charge in [-0.1, -0.05) is 0 Å². The summed E-state index contributed by atoms with van der Waals surface area (Å²) in [5, 5.41) is 6.01. The molecular formula is C15H20F3N3O2. The fourth-order valence-electron chi connectivity index (χ4n) is 2.38. The molecule has 5 nitrogen and oxygen atoms in total. The van der Waals surface area contributed by atoms with Crippen LogP contribution in [0.1, 0.15) is 24.8 Å². The minimum atomic E-state index is -4.40. The normalized spacial score (nSPS) is 18.0. The van der Waals surface area contributed by atoms with Crippen LogP contribution in [0.3, 0.4) is 0 Å². The van der Waals surface area contributed by atoms with Crippen LogP contribution in [-0.4, -0.2) is 36.8 Å². The average molecular weight is 331 g/mol. The lowest BCUT2D eigenvalue weighted by atomic mass is 10.0. The Morgan fingerprint density at radius 2 is 2.30 bits per heavy atom. The van der Waals surface area contributed by atoms with Crippen molar-refractivity contribution >= 4 is 5.91 Å². The number of nitrogens with zero attached hydrogens (tertiary/aromatic N) is 1. The van der Waals surface area contributed by atoms with E-state index >= 15 is 0 Å². The Bertz CT molecular complexity index is 517. The van der Waals surface area contributed by atoms with Crippen LogP contribution in [0.4, 0.5) is 13.2 Å². The van der Waals surface area contributed by atoms with E-state index in [9.17, 15) is 18.0 Å². The SMILES string of the molecule is O=C(CCC1CCNC1)NCc1ccnc(OCC(F)(F)F)c1. The van der Waals surface area contributed by atoms with Gasteiger partial charge in [0.1, 0.15) is 0 Å². The summed E-state index contributed by atoms with van der Waals surface area (Å²) < 4.78 is 40.9. The standard InChI is InChI=1S/C15H20F3N3O2/c16-15(17,18)10-23-14-7-12(4-6-20-14)9-21-13(22)2-1-11-3-5-19-8-11/h4,6-7,11,19H,1-3,5,8-10H2,(H,21,22). The van der Waals surface area contributed by atoms with E-state index in [1.807, 2.05) is 0 Å². The molecule has 1 aromatic heterocycles. The fourth-order valence-corrected chi connectivity index (χ4v) is 2.38. The van der Waals surface area contributed by atoms with Crippen molar-refractivity contribution in [1.29, 1.82) is 0 Å². The molecule has 1 fully saturated rings. The van der Waals surface area contributed by atoms with E-state index < -0.39 is 12.8 Å². The van der Waals surface area contributed by atoms with Crippen LogP contribution < -0.4 is 15.4 Å². The molecule has 23 heavy (non-hydrogen) atoms. The highest BCUT2D eigenvalue weighted by atomic mass is 19.4. The number of carbonyl (C=O) groups is 1. The van der Waals surface area contributed by atoms with Gasteiger partial charge < -0.3 is 15.4 Å². The maximum atomic E-state index is 12.1. The van der Waals surface area contributed by atoms with Crippen molar-refractivity contribution in [3.05, 3.63) is 23.9 Å². The van der Waals surface area contributed by atoms with E-state index in [4.69, 9.17) is 0 Å². The summed E-state index contributed by atoms with van der Waals surface area (Å²) in [5.74, 6) is 0.377. The Morgan fingerprint density at radius 3 is 3.00 bits per heavy atom. The lowest BCUT2D eigenvalue weighted by Crippen LogP contribution is -2.23. The number of halogens is 3. The summed E-state index contributed by atoms with van der Waals surface area (Å²) in [7, 11) is 0. The van der Waals surface area contributed by atoms with Crippen molar-refractivity contribution < 1.29 is 22.7 Å². The Morgan fingerprint density at radius 1 is 1.48 bits per heavy atom. The predicted molar refractivity (Wildman–Crippen MR) is 77.8 cm³/mol. The first kappa shape index (κ1) is 17.5. The molecule has 0 radical (unpaired) electrons. The molecule has 0 bridgehead atoms. The molecule has 1 amide bonds. The summed E-state index contributed by atoms with van der Waals surface area (Å²) in [6.45, 7) is 0.819. The van der Waals surface area contributed by atoms with E-state index in [2.05, 4.69) is 20.4 Å². The summed E-state index contributed by atoms with van der Waals surface area (Å²) in [6, 6.07) is 3.02. The number of hydrogen-bond acceptors (Lipinski definition) is 4. The van der Waals surface area contributed by atoms with Gasteiger partial charge in [-0.05, 0) is 43.5 Å². The van der Waals surface area contributed by atoms with Crippen LogP contribution in [0, 0.1) is 5.92 Å². The Hall–Kier alpha value is -1.83. The third-order valence-corrected chi connectivity index (χ3v) is 3.61. The van der Waals surface area contributed by atoms with Crippen molar-refractivity contribution in [2.24, 2.45) is 5.92 Å². The topological polar surface area (TPSA) is 63.2 Å². The molecule has 0 spiro atoms. The second-order valence-electron chi connectivity index (χ2n) is 5.58. The molecular weight excluding hydrogens is 311 g/mol. The van der Waals surface area contributed by atoms with Gasteiger partial charge in [0.15, 0.2) is 6.61 Å². The number of nitrogens with one attached hydrogen (secondary N) is 2. The zero-order valence-electron chi connectivity index (χ0n) is 12.7. The van der Waals surface area contributed by atoms with Gasteiger partial charge in [0.2, 0.25) is 11.8 Å². The molecule has 0 saturated carbocycles. The Kier molecular flexibility index (Phi) is 6.20. The predicted octanol–water partition coefficient (Wildman–Crippen LogP) is 2.03. The summed E-state index contributed by atoms with van der Waals surface area (Å²) in [4.78, 5) is 15.5. The maximum Gasteiger partial charge on any atom is 0.422 e. The number of rotatable bonds is 7. The first-order valence-electron chi connectivity index (χ1n) is 7.54. The summed E-state index contributed by atoms with van der Waals surface area (Å²) in [5.41, 5.74) is 0.646. The van der Waals surface area contributed by atoms with Crippen LogP contribution in [-0.2, 0) is 11.3 Å². The van der Waals surface area contributed by atoms with Crippen LogP contribution in [0.5, 0.6) is 5.88 Å². The molecule has 0 aliphatic carbocycles. The number of hydrogen-bond donors (Lipinski definition) is 2. The molecule has 1 aromatic rings. The largest absolute Gasteiger partial charge is 0.468 e. The van der Waals surface area contributed by atoms with Gasteiger partial charge in [-0.15, -0.1) is 0 Å². The number of amides is 1. The number of ether oxygens (including phenoxy) is 1.